The highest BCUT2D eigenvalue weighted by Crippen LogP contribution is 2.33. The number of nitrogens with zero attached hydrogens (tertiary/aromatic N) is 1. The van der Waals surface area contributed by atoms with E-state index < -0.39 is 4.92 Å². The van der Waals surface area contributed by atoms with Crippen molar-refractivity contribution in [1.29, 1.82) is 0 Å². The standard InChI is InChI=1S/C12H13NO3S/c1-16-12-8-10(2-3-11(12)13(14)15)9-4-6-17-7-5-9/h2-4,8H,5-7H2,1H3. The van der Waals surface area contributed by atoms with Crippen LogP contribution < -0.4 is 4.74 Å². The summed E-state index contributed by atoms with van der Waals surface area (Å²) < 4.78 is 5.06. The van der Waals surface area contributed by atoms with Gasteiger partial charge in [0.2, 0.25) is 0 Å². The molecule has 0 saturated carbocycles. The summed E-state index contributed by atoms with van der Waals surface area (Å²) in [6.45, 7) is 0. The van der Waals surface area contributed by atoms with E-state index in [1.54, 1.807) is 12.1 Å². The Balaban J connectivity index is 2.37. The van der Waals surface area contributed by atoms with Gasteiger partial charge in [-0.3, -0.25) is 10.1 Å². The van der Waals surface area contributed by atoms with Crippen molar-refractivity contribution in [1.82, 2.24) is 0 Å². The molecule has 2 rings (SSSR count). The van der Waals surface area contributed by atoms with Crippen LogP contribution in [-0.4, -0.2) is 23.5 Å². The van der Waals surface area contributed by atoms with Crippen LogP contribution in [0.4, 0.5) is 5.69 Å². The Bertz CT molecular complexity index is 471. The quantitative estimate of drug-likeness (QED) is 0.611. The fourth-order valence-electron chi connectivity index (χ4n) is 1.82. The van der Waals surface area contributed by atoms with E-state index in [0.29, 0.717) is 5.75 Å². The predicted molar refractivity (Wildman–Crippen MR) is 69.6 cm³/mol. The molecule has 0 bridgehead atoms. The minimum absolute atomic E-state index is 0.0158. The predicted octanol–water partition coefficient (Wildman–Crippen LogP) is 3.12. The van der Waals surface area contributed by atoms with Gasteiger partial charge in [-0.1, -0.05) is 6.08 Å². The van der Waals surface area contributed by atoms with Crippen molar-refractivity contribution < 1.29 is 9.66 Å². The van der Waals surface area contributed by atoms with E-state index in [2.05, 4.69) is 6.08 Å². The molecular formula is C12H13NO3S. The highest BCUT2D eigenvalue weighted by atomic mass is 32.2. The summed E-state index contributed by atoms with van der Waals surface area (Å²) in [6.07, 6.45) is 3.18. The van der Waals surface area contributed by atoms with Crippen molar-refractivity contribution in [3.8, 4) is 5.75 Å². The summed E-state index contributed by atoms with van der Waals surface area (Å²) in [6, 6.07) is 5.05. The van der Waals surface area contributed by atoms with Crippen molar-refractivity contribution in [2.45, 2.75) is 6.42 Å². The fourth-order valence-corrected chi connectivity index (χ4v) is 2.67. The van der Waals surface area contributed by atoms with E-state index >= 15 is 0 Å². The van der Waals surface area contributed by atoms with Crippen LogP contribution in [0.2, 0.25) is 0 Å². The molecule has 0 N–H and O–H groups in total. The molecule has 0 radical (unpaired) electrons. The molecule has 1 aliphatic heterocycles. The number of methoxy groups -OCH3 is 1. The second kappa shape index (κ2) is 5.23. The number of nitro benzene ring substituents is 1. The number of benzene rings is 1. The Morgan fingerprint density at radius 1 is 1.47 bits per heavy atom. The van der Waals surface area contributed by atoms with Crippen LogP contribution in [0, 0.1) is 10.1 Å². The van der Waals surface area contributed by atoms with Gasteiger partial charge >= 0.3 is 5.69 Å². The Kier molecular flexibility index (Phi) is 3.68. The molecule has 17 heavy (non-hydrogen) atoms. The van der Waals surface area contributed by atoms with Crippen LogP contribution in [-0.2, 0) is 0 Å². The first-order chi connectivity index (χ1) is 8.22. The van der Waals surface area contributed by atoms with Crippen molar-refractivity contribution in [2.75, 3.05) is 18.6 Å². The summed E-state index contributed by atoms with van der Waals surface area (Å²) in [5, 5.41) is 10.8. The third kappa shape index (κ3) is 2.61. The van der Waals surface area contributed by atoms with E-state index in [1.165, 1.54) is 18.7 Å². The van der Waals surface area contributed by atoms with Gasteiger partial charge in [0.25, 0.3) is 0 Å². The van der Waals surface area contributed by atoms with E-state index in [1.807, 2.05) is 11.8 Å². The van der Waals surface area contributed by atoms with Gasteiger partial charge in [0, 0.05) is 11.8 Å². The first kappa shape index (κ1) is 12.0. The van der Waals surface area contributed by atoms with Gasteiger partial charge in [-0.15, -0.1) is 0 Å². The third-order valence-corrected chi connectivity index (χ3v) is 3.61. The maximum Gasteiger partial charge on any atom is 0.310 e. The molecule has 1 aromatic carbocycles. The van der Waals surface area contributed by atoms with Gasteiger partial charge in [-0.25, -0.2) is 0 Å². The first-order valence-electron chi connectivity index (χ1n) is 5.32. The molecule has 0 aliphatic carbocycles. The SMILES string of the molecule is COc1cc(C2=CCSCC2)ccc1[N+](=O)[O-]. The lowest BCUT2D eigenvalue weighted by molar-refractivity contribution is -0.385. The smallest absolute Gasteiger partial charge is 0.310 e. The van der Waals surface area contributed by atoms with Crippen LogP contribution in [0.1, 0.15) is 12.0 Å². The zero-order valence-electron chi connectivity index (χ0n) is 9.51. The van der Waals surface area contributed by atoms with Crippen LogP contribution in [0.25, 0.3) is 5.57 Å². The molecule has 0 aromatic heterocycles. The van der Waals surface area contributed by atoms with Crippen LogP contribution in [0.3, 0.4) is 0 Å². The monoisotopic (exact) mass is 251 g/mol. The average Bonchev–Trinajstić information content (AvgIpc) is 2.39. The molecule has 0 amide bonds. The van der Waals surface area contributed by atoms with Crippen molar-refractivity contribution >= 4 is 23.0 Å². The van der Waals surface area contributed by atoms with Crippen LogP contribution in [0.5, 0.6) is 5.75 Å². The second-order valence-corrected chi connectivity index (χ2v) is 4.85. The molecule has 0 fully saturated rings. The molecule has 4 nitrogen and oxygen atoms in total. The van der Waals surface area contributed by atoms with E-state index in [9.17, 15) is 10.1 Å². The summed E-state index contributed by atoms with van der Waals surface area (Å²) in [7, 11) is 1.46. The molecule has 0 saturated heterocycles. The van der Waals surface area contributed by atoms with Crippen LogP contribution in [0.15, 0.2) is 24.3 Å². The molecule has 90 valence electrons. The first-order valence-corrected chi connectivity index (χ1v) is 6.47. The number of hydrogen-bond donors (Lipinski definition) is 0. The number of ether oxygens (including phenoxy) is 1. The van der Waals surface area contributed by atoms with E-state index in [-0.39, 0.29) is 5.69 Å². The number of allylic oxidation sites excluding steroid dienone is 1. The molecule has 1 aliphatic rings. The maximum absolute atomic E-state index is 10.8. The zero-order chi connectivity index (χ0) is 12.3. The summed E-state index contributed by atoms with van der Waals surface area (Å²) in [4.78, 5) is 10.4. The Labute approximate surface area is 104 Å². The van der Waals surface area contributed by atoms with Gasteiger partial charge in [0.15, 0.2) is 5.75 Å². The number of nitro groups is 1. The summed E-state index contributed by atoms with van der Waals surface area (Å²) in [5.74, 6) is 2.44. The highest BCUT2D eigenvalue weighted by Gasteiger charge is 2.16. The highest BCUT2D eigenvalue weighted by molar-refractivity contribution is 7.99. The molecule has 1 heterocycles. The van der Waals surface area contributed by atoms with E-state index in [0.717, 1.165) is 23.5 Å². The van der Waals surface area contributed by atoms with Gasteiger partial charge < -0.3 is 4.74 Å². The Morgan fingerprint density at radius 3 is 2.88 bits per heavy atom. The topological polar surface area (TPSA) is 52.4 Å². The molecule has 1 aromatic rings. The molecule has 0 spiro atoms. The minimum atomic E-state index is -0.423. The number of rotatable bonds is 3. The second-order valence-electron chi connectivity index (χ2n) is 3.70. The molecule has 0 unspecified atom stereocenters. The minimum Gasteiger partial charge on any atom is -0.490 e. The van der Waals surface area contributed by atoms with Crippen LogP contribution >= 0.6 is 11.8 Å². The fraction of sp³-hybridized carbons (Fsp3) is 0.333. The normalized spacial score (nSPS) is 15.2. The van der Waals surface area contributed by atoms with Gasteiger partial charge in [0.1, 0.15) is 0 Å². The van der Waals surface area contributed by atoms with Crippen molar-refractivity contribution in [2.24, 2.45) is 0 Å². The van der Waals surface area contributed by atoms with E-state index in [4.69, 9.17) is 4.74 Å². The number of thioether (sulfide) groups is 1. The average molecular weight is 251 g/mol. The van der Waals surface area contributed by atoms with Gasteiger partial charge in [-0.2, -0.15) is 11.8 Å². The zero-order valence-corrected chi connectivity index (χ0v) is 10.3. The Morgan fingerprint density at radius 2 is 2.29 bits per heavy atom. The van der Waals surface area contributed by atoms with Crippen molar-refractivity contribution in [3.63, 3.8) is 0 Å². The summed E-state index contributed by atoms with van der Waals surface area (Å²) in [5.41, 5.74) is 2.28. The van der Waals surface area contributed by atoms with Gasteiger partial charge in [-0.05, 0) is 35.4 Å². The number of hydrogen-bond acceptors (Lipinski definition) is 4. The lowest BCUT2D eigenvalue weighted by Crippen LogP contribution is -1.98. The molecule has 0 atom stereocenters. The lowest BCUT2D eigenvalue weighted by Gasteiger charge is -2.13. The lowest BCUT2D eigenvalue weighted by atomic mass is 10.0. The third-order valence-electron chi connectivity index (χ3n) is 2.71. The largest absolute Gasteiger partial charge is 0.490 e. The molecule has 5 heteroatoms. The molecular weight excluding hydrogens is 238 g/mol. The summed E-state index contributed by atoms with van der Waals surface area (Å²) >= 11 is 1.90. The maximum atomic E-state index is 10.8. The van der Waals surface area contributed by atoms with Crippen molar-refractivity contribution in [3.05, 3.63) is 40.0 Å². The Hall–Kier alpha value is -1.49. The van der Waals surface area contributed by atoms with Gasteiger partial charge in [0.05, 0.1) is 12.0 Å².